The lowest BCUT2D eigenvalue weighted by Crippen LogP contribution is -2.19. The number of fused-ring (bicyclic) bond motifs is 1. The quantitative estimate of drug-likeness (QED) is 0.152. The lowest BCUT2D eigenvalue weighted by Gasteiger charge is -2.17. The van der Waals surface area contributed by atoms with E-state index in [1.165, 1.54) is 63.4 Å². The second-order valence-electron chi connectivity index (χ2n) is 10.2. The van der Waals surface area contributed by atoms with Crippen LogP contribution in [0, 0.1) is 23.3 Å². The van der Waals surface area contributed by atoms with Crippen molar-refractivity contribution in [1.82, 2.24) is 15.0 Å². The molecule has 0 aliphatic carbocycles. The van der Waals surface area contributed by atoms with Crippen LogP contribution in [0.3, 0.4) is 0 Å². The van der Waals surface area contributed by atoms with E-state index in [-0.39, 0.29) is 57.0 Å². The molecule has 1 atom stereocenters. The van der Waals surface area contributed by atoms with Gasteiger partial charge in [-0.3, -0.25) is 4.79 Å². The number of nitrogens with zero attached hydrogens (tertiary/aromatic N) is 1. The molecule has 0 aliphatic heterocycles. The van der Waals surface area contributed by atoms with Crippen molar-refractivity contribution < 1.29 is 37.3 Å². The van der Waals surface area contributed by atoms with Crippen molar-refractivity contribution in [1.29, 1.82) is 0 Å². The van der Waals surface area contributed by atoms with Crippen molar-refractivity contribution in [3.8, 4) is 22.9 Å². The van der Waals surface area contributed by atoms with E-state index >= 15 is 8.78 Å². The smallest absolute Gasteiger partial charge is 0.310 e. The van der Waals surface area contributed by atoms with Crippen LogP contribution in [0.5, 0.6) is 11.5 Å². The highest BCUT2D eigenvalue weighted by molar-refractivity contribution is 5.82. The predicted octanol–water partition coefficient (Wildman–Crippen LogP) is 6.91. The molecule has 0 bridgehead atoms. The van der Waals surface area contributed by atoms with E-state index in [2.05, 4.69) is 15.0 Å². The molecule has 41 heavy (non-hydrogen) atoms. The van der Waals surface area contributed by atoms with E-state index < -0.39 is 46.5 Å². The molecule has 0 spiro atoms. The minimum absolute atomic E-state index is 0.00673. The monoisotopic (exact) mass is 567 g/mol. The Morgan fingerprint density at radius 3 is 2.51 bits per heavy atom. The van der Waals surface area contributed by atoms with Gasteiger partial charge in [0.05, 0.1) is 22.7 Å². The Morgan fingerprint density at radius 1 is 1.05 bits per heavy atom. The molecule has 0 aliphatic rings. The Labute approximate surface area is 231 Å². The lowest BCUT2D eigenvalue weighted by molar-refractivity contribution is -0.138. The third kappa shape index (κ3) is 5.28. The van der Waals surface area contributed by atoms with E-state index in [1.54, 1.807) is 0 Å². The highest BCUT2D eigenvalue weighted by Gasteiger charge is 2.28. The van der Waals surface area contributed by atoms with Gasteiger partial charge in [-0.25, -0.2) is 22.5 Å². The molecule has 1 unspecified atom stereocenters. The summed E-state index contributed by atoms with van der Waals surface area (Å²) in [5.41, 5.74) is -0.926. The molecule has 7 nitrogen and oxygen atoms in total. The first-order chi connectivity index (χ1) is 19.3. The predicted molar refractivity (Wildman–Crippen MR) is 143 cm³/mol. The van der Waals surface area contributed by atoms with Gasteiger partial charge in [0.1, 0.15) is 28.8 Å². The number of halogens is 4. The third-order valence-corrected chi connectivity index (χ3v) is 6.79. The van der Waals surface area contributed by atoms with Crippen LogP contribution < -0.4 is 4.74 Å². The van der Waals surface area contributed by atoms with Crippen molar-refractivity contribution in [2.24, 2.45) is 0 Å². The summed E-state index contributed by atoms with van der Waals surface area (Å²) in [6, 6.07) is 10.3. The number of rotatable bonds is 8. The second-order valence-corrected chi connectivity index (χ2v) is 10.2. The van der Waals surface area contributed by atoms with Crippen molar-refractivity contribution >= 4 is 16.9 Å². The lowest BCUT2D eigenvalue weighted by atomic mass is 9.94. The third-order valence-electron chi connectivity index (χ3n) is 6.79. The Hall–Kier alpha value is -4.64. The van der Waals surface area contributed by atoms with Crippen LogP contribution in [-0.2, 0) is 16.8 Å². The number of carboxylic acids is 1. The summed E-state index contributed by atoms with van der Waals surface area (Å²) in [4.78, 5) is 21.4. The van der Waals surface area contributed by atoms with Gasteiger partial charge in [-0.1, -0.05) is 18.2 Å². The van der Waals surface area contributed by atoms with E-state index in [0.717, 1.165) is 12.1 Å². The molecule has 2 heterocycles. The number of hydrogen-bond donors (Lipinski definition) is 4. The summed E-state index contributed by atoms with van der Waals surface area (Å²) in [5, 5.41) is 20.2. The summed E-state index contributed by atoms with van der Waals surface area (Å²) in [6.45, 7) is 4.27. The van der Waals surface area contributed by atoms with Crippen molar-refractivity contribution in [3.05, 3.63) is 101 Å². The maximum Gasteiger partial charge on any atom is 0.310 e. The fourth-order valence-electron chi connectivity index (χ4n) is 4.64. The van der Waals surface area contributed by atoms with Crippen LogP contribution in [0.25, 0.3) is 22.3 Å². The van der Waals surface area contributed by atoms with Gasteiger partial charge in [-0.15, -0.1) is 0 Å². The number of nitrogens with one attached hydrogen (secondary N) is 2. The highest BCUT2D eigenvalue weighted by Crippen LogP contribution is 2.36. The van der Waals surface area contributed by atoms with Gasteiger partial charge in [0.2, 0.25) is 0 Å². The molecule has 3 aromatic carbocycles. The highest BCUT2D eigenvalue weighted by atomic mass is 19.1. The fraction of sp³-hybridized carbons (Fsp3) is 0.200. The number of imidazole rings is 1. The van der Waals surface area contributed by atoms with Gasteiger partial charge in [-0.2, -0.15) is 0 Å². The first kappa shape index (κ1) is 27.9. The molecule has 0 radical (unpaired) electrons. The molecule has 212 valence electrons. The number of H-pyrrole nitrogens is 2. The number of benzene rings is 3. The number of carbonyl (C=O) groups is 1. The van der Waals surface area contributed by atoms with Crippen LogP contribution in [-0.4, -0.2) is 31.1 Å². The molecule has 11 heteroatoms. The summed E-state index contributed by atoms with van der Waals surface area (Å²) in [7, 11) is 0. The first-order valence-corrected chi connectivity index (χ1v) is 12.6. The summed E-state index contributed by atoms with van der Waals surface area (Å²) < 4.78 is 65.4. The van der Waals surface area contributed by atoms with E-state index in [9.17, 15) is 23.8 Å². The molecular weight excluding hydrogens is 542 g/mol. The fourth-order valence-corrected chi connectivity index (χ4v) is 4.64. The van der Waals surface area contributed by atoms with Crippen molar-refractivity contribution in [2.75, 3.05) is 0 Å². The van der Waals surface area contributed by atoms with Gasteiger partial charge < -0.3 is 24.9 Å². The number of aromatic amines is 2. The van der Waals surface area contributed by atoms with Gasteiger partial charge in [0.25, 0.3) is 0 Å². The van der Waals surface area contributed by atoms with Gasteiger partial charge in [0.15, 0.2) is 17.4 Å². The standard InChI is InChI=1S/C30H25F4N3O4/c1-14(29(38)39)17-6-4-5-15(24(17)33)11-23-27(30(2,3)40)37-28(36-23)19-12-16(7-8-20(19)31)41-26-21(32)13-22-18(25(26)34)9-10-35-22/h4-10,12-14,35,40H,11H2,1-3H3,(H,36,37)(H,38,39). The second kappa shape index (κ2) is 10.4. The zero-order valence-corrected chi connectivity index (χ0v) is 22.2. The number of ether oxygens (including phenoxy) is 1. The number of carboxylic acid groups (broad SMARTS) is 1. The summed E-state index contributed by atoms with van der Waals surface area (Å²) in [5.74, 6) is -6.44. The van der Waals surface area contributed by atoms with Gasteiger partial charge in [-0.05, 0) is 50.6 Å². The van der Waals surface area contributed by atoms with Crippen LogP contribution in [0.2, 0.25) is 0 Å². The van der Waals surface area contributed by atoms with E-state index in [0.29, 0.717) is 0 Å². The number of aromatic nitrogens is 3. The molecule has 2 aromatic heterocycles. The largest absolute Gasteiger partial charge is 0.481 e. The topological polar surface area (TPSA) is 111 Å². The molecule has 5 aromatic rings. The van der Waals surface area contributed by atoms with Crippen LogP contribution >= 0.6 is 0 Å². The van der Waals surface area contributed by atoms with E-state index in [1.807, 2.05) is 0 Å². The average molecular weight is 568 g/mol. The van der Waals surface area contributed by atoms with Crippen molar-refractivity contribution in [3.63, 3.8) is 0 Å². The number of hydrogen-bond acceptors (Lipinski definition) is 4. The zero-order valence-electron chi connectivity index (χ0n) is 22.2. The Bertz CT molecular complexity index is 1790. The Kier molecular flexibility index (Phi) is 7.08. The first-order valence-electron chi connectivity index (χ1n) is 12.6. The molecular formula is C30H25F4N3O4. The van der Waals surface area contributed by atoms with Crippen LogP contribution in [0.1, 0.15) is 49.2 Å². The maximum absolute atomic E-state index is 15.3. The average Bonchev–Trinajstić information content (AvgIpc) is 3.55. The van der Waals surface area contributed by atoms with Gasteiger partial charge >= 0.3 is 5.97 Å². The molecule has 0 saturated carbocycles. The summed E-state index contributed by atoms with van der Waals surface area (Å²) >= 11 is 0. The van der Waals surface area contributed by atoms with Crippen LogP contribution in [0.4, 0.5) is 17.6 Å². The van der Waals surface area contributed by atoms with Crippen LogP contribution in [0.15, 0.2) is 54.7 Å². The minimum Gasteiger partial charge on any atom is -0.481 e. The zero-order chi connectivity index (χ0) is 29.6. The Morgan fingerprint density at radius 2 is 1.80 bits per heavy atom. The number of aliphatic carboxylic acids is 1. The number of aliphatic hydroxyl groups is 1. The molecule has 0 amide bonds. The van der Waals surface area contributed by atoms with E-state index in [4.69, 9.17) is 4.74 Å². The van der Waals surface area contributed by atoms with Gasteiger partial charge in [0, 0.05) is 35.3 Å². The maximum atomic E-state index is 15.3. The molecule has 5 rings (SSSR count). The molecule has 0 fully saturated rings. The Balaban J connectivity index is 1.54. The van der Waals surface area contributed by atoms with Crippen molar-refractivity contribution in [2.45, 2.75) is 38.7 Å². The SMILES string of the molecule is CC(C(=O)O)c1cccc(Cc2[nH]c(-c3cc(Oc4c(F)cc5[nH]ccc5c4F)ccc3F)nc2C(C)(C)O)c1F. The normalized spacial score (nSPS) is 12.6. The molecule has 0 saturated heterocycles. The molecule has 4 N–H and O–H groups in total. The minimum atomic E-state index is -1.53. The summed E-state index contributed by atoms with van der Waals surface area (Å²) in [6.07, 6.45) is 1.33.